The molecule has 3 aromatic carbocycles. The molecule has 0 aliphatic carbocycles. The number of rotatable bonds is 13. The normalized spacial score (nSPS) is 17.3. The van der Waals surface area contributed by atoms with Crippen LogP contribution >= 0.6 is 0 Å². The van der Waals surface area contributed by atoms with Gasteiger partial charge in [-0.3, -0.25) is 0 Å². The molecule has 6 heteroatoms. The van der Waals surface area contributed by atoms with Crippen LogP contribution in [-0.2, 0) is 4.74 Å². The third kappa shape index (κ3) is 7.79. The molecular weight excluding hydrogens is 528 g/mol. The molecule has 0 N–H and O–H groups in total. The lowest BCUT2D eigenvalue weighted by molar-refractivity contribution is 0.0317. The van der Waals surface area contributed by atoms with E-state index in [4.69, 9.17) is 9.47 Å². The zero-order valence-corrected chi connectivity index (χ0v) is 24.0. The molecule has 1 aliphatic rings. The largest absolute Gasteiger partial charge is 0.490 e. The van der Waals surface area contributed by atoms with Gasteiger partial charge in [0.15, 0.2) is 23.2 Å². The second-order valence-corrected chi connectivity index (χ2v) is 10.8. The Kier molecular flexibility index (Phi) is 11.4. The second-order valence-electron chi connectivity index (χ2n) is 10.8. The molecule has 220 valence electrons. The first kappa shape index (κ1) is 30.8. The third-order valence-corrected chi connectivity index (χ3v) is 7.83. The Balaban J connectivity index is 1.39. The number of unbranched alkanes of at least 4 members (excludes halogenated alkanes) is 6. The van der Waals surface area contributed by atoms with Gasteiger partial charge in [0.05, 0.1) is 19.3 Å². The highest BCUT2D eigenvalue weighted by Crippen LogP contribution is 2.36. The molecule has 2 nitrogen and oxygen atoms in total. The van der Waals surface area contributed by atoms with E-state index in [1.165, 1.54) is 37.8 Å². The Morgan fingerprint density at radius 3 is 1.95 bits per heavy atom. The molecule has 41 heavy (non-hydrogen) atoms. The number of halogens is 4. The first-order chi connectivity index (χ1) is 19.9. The molecule has 1 aliphatic heterocycles. The van der Waals surface area contributed by atoms with Crippen LogP contribution < -0.4 is 4.74 Å². The lowest BCUT2D eigenvalue weighted by Gasteiger charge is -2.28. The molecule has 0 aromatic heterocycles. The van der Waals surface area contributed by atoms with E-state index < -0.39 is 23.3 Å². The molecule has 0 bridgehead atoms. The van der Waals surface area contributed by atoms with E-state index in [1.807, 2.05) is 19.1 Å². The van der Waals surface area contributed by atoms with Crippen LogP contribution in [0.1, 0.15) is 83.1 Å². The van der Waals surface area contributed by atoms with Crippen molar-refractivity contribution in [1.29, 1.82) is 0 Å². The lowest BCUT2D eigenvalue weighted by Crippen LogP contribution is -2.24. The van der Waals surface area contributed by atoms with Crippen LogP contribution in [0.2, 0.25) is 0 Å². The van der Waals surface area contributed by atoms with Crippen LogP contribution in [-0.4, -0.2) is 19.3 Å². The lowest BCUT2D eigenvalue weighted by atomic mass is 9.89. The van der Waals surface area contributed by atoms with Gasteiger partial charge in [-0.25, -0.2) is 13.2 Å². The van der Waals surface area contributed by atoms with Gasteiger partial charge in [-0.1, -0.05) is 94.0 Å². The summed E-state index contributed by atoms with van der Waals surface area (Å²) in [7, 11) is 0. The number of allylic oxidation sites excluding steroid dienone is 1. The highest BCUT2D eigenvalue weighted by Gasteiger charge is 2.26. The number of hydrogen-bond acceptors (Lipinski definition) is 2. The van der Waals surface area contributed by atoms with Gasteiger partial charge in [-0.2, -0.15) is 4.39 Å². The van der Waals surface area contributed by atoms with E-state index in [-0.39, 0.29) is 28.9 Å². The fourth-order valence-electron chi connectivity index (χ4n) is 5.42. The average molecular weight is 569 g/mol. The van der Waals surface area contributed by atoms with Crippen molar-refractivity contribution in [3.8, 4) is 28.0 Å². The van der Waals surface area contributed by atoms with Crippen molar-refractivity contribution in [3.05, 3.63) is 89.5 Å². The van der Waals surface area contributed by atoms with E-state index in [0.717, 1.165) is 25.7 Å². The Morgan fingerprint density at radius 1 is 0.732 bits per heavy atom. The van der Waals surface area contributed by atoms with Crippen molar-refractivity contribution >= 4 is 0 Å². The van der Waals surface area contributed by atoms with Crippen molar-refractivity contribution in [2.24, 2.45) is 0 Å². The van der Waals surface area contributed by atoms with Crippen molar-refractivity contribution in [3.63, 3.8) is 0 Å². The standard InChI is InChI=1S/C35H40F4O2/c1-3-5-6-7-8-9-10-22-40-31-21-20-29(34(38)35(31)39)25-14-12-24(13-15-25)28-18-19-30(33(37)32(28)36)26-16-17-27(11-4-2)41-23-26/h4,11-15,18-21,26-27H,3,5-10,16-17,22-23H2,1-2H3/b11-4+. The van der Waals surface area contributed by atoms with Crippen LogP contribution in [0.3, 0.4) is 0 Å². The van der Waals surface area contributed by atoms with Gasteiger partial charge in [0.25, 0.3) is 0 Å². The van der Waals surface area contributed by atoms with Crippen molar-refractivity contribution in [2.45, 2.75) is 83.7 Å². The molecule has 4 rings (SSSR count). The highest BCUT2D eigenvalue weighted by molar-refractivity contribution is 5.72. The Hall–Kier alpha value is -3.12. The zero-order chi connectivity index (χ0) is 29.2. The maximum Gasteiger partial charge on any atom is 0.201 e. The van der Waals surface area contributed by atoms with Crippen molar-refractivity contribution < 1.29 is 27.0 Å². The molecule has 1 heterocycles. The van der Waals surface area contributed by atoms with Gasteiger partial charge in [-0.15, -0.1) is 0 Å². The molecular formula is C35H40F4O2. The zero-order valence-electron chi connectivity index (χ0n) is 24.0. The Labute approximate surface area is 241 Å². The predicted molar refractivity (Wildman–Crippen MR) is 157 cm³/mol. The van der Waals surface area contributed by atoms with Crippen molar-refractivity contribution in [1.82, 2.24) is 0 Å². The molecule has 0 saturated carbocycles. The van der Waals surface area contributed by atoms with Crippen molar-refractivity contribution in [2.75, 3.05) is 13.2 Å². The summed E-state index contributed by atoms with van der Waals surface area (Å²) in [5, 5.41) is 0. The van der Waals surface area contributed by atoms with Crippen LogP contribution in [0.4, 0.5) is 17.6 Å². The molecule has 2 atom stereocenters. The van der Waals surface area contributed by atoms with E-state index in [1.54, 1.807) is 36.4 Å². The summed E-state index contributed by atoms with van der Waals surface area (Å²) < 4.78 is 71.2. The molecule has 0 amide bonds. The van der Waals surface area contributed by atoms with Gasteiger partial charge in [-0.05, 0) is 55.0 Å². The summed E-state index contributed by atoms with van der Waals surface area (Å²) >= 11 is 0. The quantitative estimate of drug-likeness (QED) is 0.116. The fourth-order valence-corrected chi connectivity index (χ4v) is 5.42. The Morgan fingerprint density at radius 2 is 1.34 bits per heavy atom. The van der Waals surface area contributed by atoms with E-state index >= 15 is 8.78 Å². The Bertz CT molecular complexity index is 1290. The monoisotopic (exact) mass is 568 g/mol. The molecule has 2 unspecified atom stereocenters. The number of ether oxygens (including phenoxy) is 2. The molecule has 1 saturated heterocycles. The van der Waals surface area contributed by atoms with Gasteiger partial charge in [0.1, 0.15) is 0 Å². The van der Waals surface area contributed by atoms with Gasteiger partial charge >= 0.3 is 0 Å². The fraction of sp³-hybridized carbons (Fsp3) is 0.429. The molecule has 1 fully saturated rings. The summed E-state index contributed by atoms with van der Waals surface area (Å²) in [6.45, 7) is 4.78. The first-order valence-electron chi connectivity index (χ1n) is 14.9. The molecule has 0 radical (unpaired) electrons. The van der Waals surface area contributed by atoms with Crippen LogP contribution in [0.5, 0.6) is 5.75 Å². The van der Waals surface area contributed by atoms with Gasteiger partial charge in [0, 0.05) is 17.0 Å². The van der Waals surface area contributed by atoms with E-state index in [0.29, 0.717) is 36.3 Å². The van der Waals surface area contributed by atoms with Crippen LogP contribution in [0.25, 0.3) is 22.3 Å². The molecule has 0 spiro atoms. The average Bonchev–Trinajstić information content (AvgIpc) is 2.99. The number of hydrogen-bond donors (Lipinski definition) is 0. The maximum absolute atomic E-state index is 15.2. The van der Waals surface area contributed by atoms with Gasteiger partial charge < -0.3 is 9.47 Å². The maximum atomic E-state index is 15.2. The van der Waals surface area contributed by atoms with Gasteiger partial charge in [0.2, 0.25) is 5.82 Å². The minimum Gasteiger partial charge on any atom is -0.490 e. The highest BCUT2D eigenvalue weighted by atomic mass is 19.2. The summed E-state index contributed by atoms with van der Waals surface area (Å²) in [6.07, 6.45) is 13.1. The smallest absolute Gasteiger partial charge is 0.201 e. The van der Waals surface area contributed by atoms with Crippen LogP contribution in [0, 0.1) is 23.3 Å². The predicted octanol–water partition coefficient (Wildman–Crippen LogP) is 10.5. The van der Waals surface area contributed by atoms with Crippen LogP contribution in [0.15, 0.2) is 60.7 Å². The molecule has 3 aromatic rings. The van der Waals surface area contributed by atoms with E-state index in [9.17, 15) is 8.78 Å². The summed E-state index contributed by atoms with van der Waals surface area (Å²) in [5.74, 6) is -4.13. The minimum absolute atomic E-state index is 0.0129. The second kappa shape index (κ2) is 15.2. The topological polar surface area (TPSA) is 18.5 Å². The minimum atomic E-state index is -1.03. The number of benzene rings is 3. The van der Waals surface area contributed by atoms with E-state index in [2.05, 4.69) is 6.92 Å². The summed E-state index contributed by atoms with van der Waals surface area (Å²) in [5.41, 5.74) is 1.38. The summed E-state index contributed by atoms with van der Waals surface area (Å²) in [4.78, 5) is 0. The third-order valence-electron chi connectivity index (χ3n) is 7.83. The first-order valence-corrected chi connectivity index (χ1v) is 14.9. The summed E-state index contributed by atoms with van der Waals surface area (Å²) in [6, 6.07) is 12.4. The SMILES string of the molecule is C/C=C/C1CCC(c2ccc(-c3ccc(-c4ccc(OCCCCCCCCC)c(F)c4F)cc3)c(F)c2F)CO1.